The van der Waals surface area contributed by atoms with Crippen LogP contribution in [0.25, 0.3) is 10.9 Å². The van der Waals surface area contributed by atoms with Gasteiger partial charge in [0.1, 0.15) is 12.4 Å². The summed E-state index contributed by atoms with van der Waals surface area (Å²) in [5.41, 5.74) is 1.49. The molecule has 1 aliphatic heterocycles. The first kappa shape index (κ1) is 13.8. The molecule has 2 aromatic heterocycles. The van der Waals surface area contributed by atoms with Crippen LogP contribution in [0.5, 0.6) is 5.88 Å². The minimum Gasteiger partial charge on any atom is -0.472 e. The highest BCUT2D eigenvalue weighted by molar-refractivity contribution is 5.94. The van der Waals surface area contributed by atoms with E-state index in [4.69, 9.17) is 9.15 Å². The molecule has 1 fully saturated rings. The summed E-state index contributed by atoms with van der Waals surface area (Å²) in [6, 6.07) is 13.5. The number of aromatic nitrogens is 1. The van der Waals surface area contributed by atoms with Gasteiger partial charge in [0.25, 0.3) is 5.91 Å². The number of furan rings is 1. The van der Waals surface area contributed by atoms with Gasteiger partial charge in [0, 0.05) is 24.4 Å². The molecule has 1 saturated heterocycles. The maximum Gasteiger partial charge on any atom is 0.257 e. The summed E-state index contributed by atoms with van der Waals surface area (Å²) >= 11 is 0. The van der Waals surface area contributed by atoms with Crippen LogP contribution in [0.3, 0.4) is 0 Å². The van der Waals surface area contributed by atoms with Gasteiger partial charge in [0.05, 0.1) is 23.9 Å². The molecular formula is C18H16N2O3. The van der Waals surface area contributed by atoms with Crippen molar-refractivity contribution in [1.29, 1.82) is 0 Å². The molecule has 1 amide bonds. The molecule has 5 heteroatoms. The number of carbonyl (C=O) groups is 1. The highest BCUT2D eigenvalue weighted by Crippen LogP contribution is 2.21. The van der Waals surface area contributed by atoms with Crippen LogP contribution in [0, 0.1) is 0 Å². The number of fused-ring (bicyclic) bond motifs is 1. The fourth-order valence-electron chi connectivity index (χ4n) is 2.86. The van der Waals surface area contributed by atoms with Crippen molar-refractivity contribution in [3.63, 3.8) is 0 Å². The number of ether oxygens (including phenoxy) is 1. The highest BCUT2D eigenvalue weighted by atomic mass is 16.5. The summed E-state index contributed by atoms with van der Waals surface area (Å²) < 4.78 is 10.9. The standard InChI is InChI=1S/C18H16N2O3/c21-18(14-8-10-22-12-14)20-9-7-15(11-20)23-17-6-5-13-3-1-2-4-16(13)19-17/h1-6,8,10,12,15H,7,9,11H2. The zero-order valence-corrected chi connectivity index (χ0v) is 12.5. The van der Waals surface area contributed by atoms with Crippen molar-refractivity contribution in [3.8, 4) is 5.88 Å². The van der Waals surface area contributed by atoms with Crippen LogP contribution in [-0.4, -0.2) is 35.0 Å². The van der Waals surface area contributed by atoms with Crippen LogP contribution in [0.1, 0.15) is 16.8 Å². The lowest BCUT2D eigenvalue weighted by Crippen LogP contribution is -2.30. The number of rotatable bonds is 3. The summed E-state index contributed by atoms with van der Waals surface area (Å²) in [5.74, 6) is 0.586. The van der Waals surface area contributed by atoms with Crippen molar-refractivity contribution in [3.05, 3.63) is 60.6 Å². The normalized spacial score (nSPS) is 17.6. The van der Waals surface area contributed by atoms with Gasteiger partial charge in [0.2, 0.25) is 5.88 Å². The van der Waals surface area contributed by atoms with Gasteiger partial charge >= 0.3 is 0 Å². The molecule has 3 aromatic rings. The van der Waals surface area contributed by atoms with E-state index in [9.17, 15) is 4.79 Å². The number of hydrogen-bond donors (Lipinski definition) is 0. The van der Waals surface area contributed by atoms with Gasteiger partial charge in [-0.25, -0.2) is 4.98 Å². The minimum absolute atomic E-state index is 0.0173. The van der Waals surface area contributed by atoms with Crippen LogP contribution in [-0.2, 0) is 0 Å². The van der Waals surface area contributed by atoms with E-state index in [0.29, 0.717) is 24.5 Å². The van der Waals surface area contributed by atoms with Crippen molar-refractivity contribution < 1.29 is 13.9 Å². The SMILES string of the molecule is O=C(c1ccoc1)N1CCC(Oc2ccc3ccccc3n2)C1. The molecule has 0 N–H and O–H groups in total. The zero-order valence-electron chi connectivity index (χ0n) is 12.5. The Kier molecular flexibility index (Phi) is 3.46. The number of amides is 1. The molecule has 3 heterocycles. The van der Waals surface area contributed by atoms with Crippen molar-refractivity contribution >= 4 is 16.8 Å². The summed E-state index contributed by atoms with van der Waals surface area (Å²) in [6.07, 6.45) is 3.76. The van der Waals surface area contributed by atoms with E-state index in [2.05, 4.69) is 4.98 Å². The topological polar surface area (TPSA) is 55.6 Å². The summed E-state index contributed by atoms with van der Waals surface area (Å²) in [5, 5.41) is 1.09. The predicted octanol–water partition coefficient (Wildman–Crippen LogP) is 3.12. The third-order valence-electron chi connectivity index (χ3n) is 4.06. The molecule has 1 unspecified atom stereocenters. The fourth-order valence-corrected chi connectivity index (χ4v) is 2.86. The highest BCUT2D eigenvalue weighted by Gasteiger charge is 2.28. The van der Waals surface area contributed by atoms with Gasteiger partial charge in [-0.05, 0) is 18.2 Å². The lowest BCUT2D eigenvalue weighted by atomic mass is 10.2. The van der Waals surface area contributed by atoms with Crippen molar-refractivity contribution in [2.75, 3.05) is 13.1 Å². The van der Waals surface area contributed by atoms with Crippen LogP contribution in [0.2, 0.25) is 0 Å². The Morgan fingerprint density at radius 2 is 2.13 bits per heavy atom. The Morgan fingerprint density at radius 3 is 3.00 bits per heavy atom. The minimum atomic E-state index is -0.0282. The zero-order chi connectivity index (χ0) is 15.6. The molecule has 0 radical (unpaired) electrons. The van der Waals surface area contributed by atoms with Crippen LogP contribution >= 0.6 is 0 Å². The molecule has 1 aromatic carbocycles. The summed E-state index contributed by atoms with van der Waals surface area (Å²) in [6.45, 7) is 1.25. The number of nitrogens with zero attached hydrogens (tertiary/aromatic N) is 2. The Morgan fingerprint density at radius 1 is 1.22 bits per heavy atom. The molecule has 23 heavy (non-hydrogen) atoms. The number of hydrogen-bond acceptors (Lipinski definition) is 4. The number of benzene rings is 1. The third kappa shape index (κ3) is 2.77. The number of para-hydroxylation sites is 1. The first-order valence-electron chi connectivity index (χ1n) is 7.63. The first-order chi connectivity index (χ1) is 11.3. The Bertz CT molecular complexity index is 829. The molecule has 1 atom stereocenters. The lowest BCUT2D eigenvalue weighted by Gasteiger charge is -2.16. The predicted molar refractivity (Wildman–Crippen MR) is 85.4 cm³/mol. The van der Waals surface area contributed by atoms with Gasteiger partial charge in [-0.3, -0.25) is 4.79 Å². The molecule has 5 nitrogen and oxygen atoms in total. The fraction of sp³-hybridized carbons (Fsp3) is 0.222. The Hall–Kier alpha value is -2.82. The second-order valence-corrected chi connectivity index (χ2v) is 5.63. The quantitative estimate of drug-likeness (QED) is 0.746. The van der Waals surface area contributed by atoms with Gasteiger partial charge in [-0.2, -0.15) is 0 Å². The van der Waals surface area contributed by atoms with E-state index in [1.807, 2.05) is 36.4 Å². The molecule has 0 spiro atoms. The van der Waals surface area contributed by atoms with Crippen LogP contribution in [0.15, 0.2) is 59.4 Å². The smallest absolute Gasteiger partial charge is 0.257 e. The van der Waals surface area contributed by atoms with E-state index in [1.165, 1.54) is 12.5 Å². The maximum atomic E-state index is 12.3. The van der Waals surface area contributed by atoms with E-state index in [1.54, 1.807) is 11.0 Å². The third-order valence-corrected chi connectivity index (χ3v) is 4.06. The summed E-state index contributed by atoms with van der Waals surface area (Å²) in [4.78, 5) is 18.6. The molecule has 1 aliphatic rings. The average molecular weight is 308 g/mol. The molecule has 0 saturated carbocycles. The second-order valence-electron chi connectivity index (χ2n) is 5.63. The van der Waals surface area contributed by atoms with Gasteiger partial charge in [0.15, 0.2) is 0 Å². The Balaban J connectivity index is 1.44. The summed E-state index contributed by atoms with van der Waals surface area (Å²) in [7, 11) is 0. The van der Waals surface area contributed by atoms with E-state index < -0.39 is 0 Å². The van der Waals surface area contributed by atoms with E-state index in [0.717, 1.165) is 17.3 Å². The average Bonchev–Trinajstić information content (AvgIpc) is 3.26. The molecule has 0 bridgehead atoms. The lowest BCUT2D eigenvalue weighted by molar-refractivity contribution is 0.0770. The monoisotopic (exact) mass is 308 g/mol. The maximum absolute atomic E-state index is 12.3. The van der Waals surface area contributed by atoms with Gasteiger partial charge < -0.3 is 14.1 Å². The van der Waals surface area contributed by atoms with Crippen molar-refractivity contribution in [2.45, 2.75) is 12.5 Å². The van der Waals surface area contributed by atoms with Crippen LogP contribution in [0.4, 0.5) is 0 Å². The first-order valence-corrected chi connectivity index (χ1v) is 7.63. The van der Waals surface area contributed by atoms with Gasteiger partial charge in [-0.15, -0.1) is 0 Å². The van der Waals surface area contributed by atoms with Gasteiger partial charge in [-0.1, -0.05) is 18.2 Å². The number of carbonyl (C=O) groups excluding carboxylic acids is 1. The molecule has 0 aliphatic carbocycles. The number of likely N-dealkylation sites (tertiary alicyclic amines) is 1. The van der Waals surface area contributed by atoms with Crippen LogP contribution < -0.4 is 4.74 Å². The molecular weight excluding hydrogens is 292 g/mol. The second kappa shape index (κ2) is 5.76. The van der Waals surface area contributed by atoms with E-state index >= 15 is 0 Å². The van der Waals surface area contributed by atoms with E-state index in [-0.39, 0.29) is 12.0 Å². The molecule has 4 rings (SSSR count). The number of pyridine rings is 1. The van der Waals surface area contributed by atoms with Crippen molar-refractivity contribution in [1.82, 2.24) is 9.88 Å². The van der Waals surface area contributed by atoms with Crippen molar-refractivity contribution in [2.24, 2.45) is 0 Å². The Labute approximate surface area is 133 Å². The largest absolute Gasteiger partial charge is 0.472 e. The molecule has 116 valence electrons.